The summed E-state index contributed by atoms with van der Waals surface area (Å²) in [4.78, 5) is 11.9. The molecule has 5 nitrogen and oxygen atoms in total. The second kappa shape index (κ2) is 4.12. The van der Waals surface area contributed by atoms with Crippen molar-refractivity contribution in [2.45, 2.75) is 6.92 Å². The minimum absolute atomic E-state index is 0.252. The molecule has 0 fully saturated rings. The summed E-state index contributed by atoms with van der Waals surface area (Å²) >= 11 is 0. The van der Waals surface area contributed by atoms with E-state index in [0.29, 0.717) is 11.2 Å². The number of ether oxygens (including phenoxy) is 1. The summed E-state index contributed by atoms with van der Waals surface area (Å²) in [6, 6.07) is 5.58. The summed E-state index contributed by atoms with van der Waals surface area (Å²) in [5, 5.41) is 3.97. The van der Waals surface area contributed by atoms with Crippen LogP contribution in [-0.2, 0) is 7.05 Å². The SMILES string of the molecule is [B]c1ccc(-n2c(OC)nn(C)c2=O)cc1C. The molecule has 0 saturated carbocycles. The molecule has 2 radical (unpaired) electrons. The molecule has 6 heteroatoms. The monoisotopic (exact) mass is 229 g/mol. The van der Waals surface area contributed by atoms with Crippen molar-refractivity contribution in [2.75, 3.05) is 7.11 Å². The van der Waals surface area contributed by atoms with Crippen LogP contribution < -0.4 is 15.9 Å². The lowest BCUT2D eigenvalue weighted by Gasteiger charge is -2.06. The average Bonchev–Trinajstić information content (AvgIpc) is 2.59. The van der Waals surface area contributed by atoms with E-state index in [2.05, 4.69) is 5.10 Å². The van der Waals surface area contributed by atoms with Crippen LogP contribution in [-0.4, -0.2) is 29.3 Å². The third kappa shape index (κ3) is 1.86. The van der Waals surface area contributed by atoms with Crippen molar-refractivity contribution < 1.29 is 4.74 Å². The van der Waals surface area contributed by atoms with Crippen LogP contribution in [0.3, 0.4) is 0 Å². The Bertz CT molecular complexity index is 616. The van der Waals surface area contributed by atoms with Gasteiger partial charge in [-0.2, -0.15) is 0 Å². The van der Waals surface area contributed by atoms with E-state index >= 15 is 0 Å². The highest BCUT2D eigenvalue weighted by molar-refractivity contribution is 6.33. The second-order valence-corrected chi connectivity index (χ2v) is 3.77. The third-order valence-electron chi connectivity index (χ3n) is 2.59. The molecule has 17 heavy (non-hydrogen) atoms. The van der Waals surface area contributed by atoms with Gasteiger partial charge in [0.25, 0.3) is 0 Å². The van der Waals surface area contributed by atoms with Crippen LogP contribution in [0, 0.1) is 6.92 Å². The van der Waals surface area contributed by atoms with Crippen LogP contribution in [0.5, 0.6) is 6.01 Å². The van der Waals surface area contributed by atoms with Crippen LogP contribution >= 0.6 is 0 Å². The zero-order chi connectivity index (χ0) is 12.6. The normalized spacial score (nSPS) is 10.5. The molecule has 0 aliphatic heterocycles. The van der Waals surface area contributed by atoms with Gasteiger partial charge in [0, 0.05) is 7.05 Å². The van der Waals surface area contributed by atoms with Gasteiger partial charge in [-0.05, 0) is 19.1 Å². The Kier molecular flexibility index (Phi) is 2.79. The van der Waals surface area contributed by atoms with Crippen LogP contribution in [0.15, 0.2) is 23.0 Å². The van der Waals surface area contributed by atoms with E-state index in [0.717, 1.165) is 5.56 Å². The van der Waals surface area contributed by atoms with Gasteiger partial charge in [-0.15, -0.1) is 5.10 Å². The maximum absolute atomic E-state index is 11.9. The molecule has 1 heterocycles. The van der Waals surface area contributed by atoms with E-state index in [1.807, 2.05) is 13.0 Å². The van der Waals surface area contributed by atoms with Gasteiger partial charge in [0.15, 0.2) is 0 Å². The Morgan fingerprint density at radius 1 is 1.41 bits per heavy atom. The summed E-state index contributed by atoms with van der Waals surface area (Å²) in [7, 11) is 8.79. The fourth-order valence-electron chi connectivity index (χ4n) is 1.59. The Hall–Kier alpha value is -1.98. The number of rotatable bonds is 2. The maximum atomic E-state index is 11.9. The summed E-state index contributed by atoms with van der Waals surface area (Å²) in [5.41, 5.74) is 2.02. The first-order valence-corrected chi connectivity index (χ1v) is 5.11. The molecule has 0 bridgehead atoms. The molecule has 2 aromatic rings. The van der Waals surface area contributed by atoms with Gasteiger partial charge in [-0.1, -0.05) is 17.1 Å². The minimum Gasteiger partial charge on any atom is -0.467 e. The van der Waals surface area contributed by atoms with Gasteiger partial charge in [0.1, 0.15) is 7.85 Å². The highest BCUT2D eigenvalue weighted by atomic mass is 16.5. The van der Waals surface area contributed by atoms with Gasteiger partial charge in [-0.25, -0.2) is 14.0 Å². The van der Waals surface area contributed by atoms with Crippen LogP contribution in [0.4, 0.5) is 0 Å². The topological polar surface area (TPSA) is 49.0 Å². The van der Waals surface area contributed by atoms with Gasteiger partial charge >= 0.3 is 11.7 Å². The minimum atomic E-state index is -0.258. The summed E-state index contributed by atoms with van der Waals surface area (Å²) < 4.78 is 7.69. The van der Waals surface area contributed by atoms with Crippen molar-refractivity contribution in [1.29, 1.82) is 0 Å². The first-order valence-electron chi connectivity index (χ1n) is 5.11. The van der Waals surface area contributed by atoms with Crippen LogP contribution in [0.1, 0.15) is 5.56 Å². The van der Waals surface area contributed by atoms with E-state index < -0.39 is 0 Å². The fraction of sp³-hybridized carbons (Fsp3) is 0.273. The fourth-order valence-corrected chi connectivity index (χ4v) is 1.59. The van der Waals surface area contributed by atoms with Gasteiger partial charge in [-0.3, -0.25) is 0 Å². The predicted molar refractivity (Wildman–Crippen MR) is 65.5 cm³/mol. The van der Waals surface area contributed by atoms with Crippen molar-refractivity contribution in [3.8, 4) is 11.7 Å². The number of hydrogen-bond donors (Lipinski definition) is 0. The first kappa shape index (κ1) is 11.5. The second-order valence-electron chi connectivity index (χ2n) is 3.77. The number of benzene rings is 1. The molecule has 0 unspecified atom stereocenters. The zero-order valence-electron chi connectivity index (χ0n) is 9.97. The number of methoxy groups -OCH3 is 1. The molecule has 0 amide bonds. The Morgan fingerprint density at radius 3 is 2.71 bits per heavy atom. The van der Waals surface area contributed by atoms with Crippen LogP contribution in [0.25, 0.3) is 5.69 Å². The van der Waals surface area contributed by atoms with E-state index in [1.54, 1.807) is 19.2 Å². The summed E-state index contributed by atoms with van der Waals surface area (Å²) in [5.74, 6) is 0. The lowest BCUT2D eigenvalue weighted by Crippen LogP contribution is -2.22. The van der Waals surface area contributed by atoms with Crippen LogP contribution in [0.2, 0.25) is 0 Å². The molecule has 86 valence electrons. The Labute approximate surface area is 100 Å². The van der Waals surface area contributed by atoms with Crippen molar-refractivity contribution in [3.63, 3.8) is 0 Å². The molecule has 0 N–H and O–H groups in total. The molecule has 0 spiro atoms. The molecule has 1 aromatic carbocycles. The van der Waals surface area contributed by atoms with Gasteiger partial charge in [0.05, 0.1) is 12.8 Å². The largest absolute Gasteiger partial charge is 0.467 e. The number of aryl methyl sites for hydroxylation is 2. The van der Waals surface area contributed by atoms with E-state index in [9.17, 15) is 4.79 Å². The van der Waals surface area contributed by atoms with Gasteiger partial charge < -0.3 is 4.74 Å². The number of nitrogens with zero attached hydrogens (tertiary/aromatic N) is 3. The molecule has 1 aromatic heterocycles. The van der Waals surface area contributed by atoms with Crippen molar-refractivity contribution >= 4 is 13.3 Å². The van der Waals surface area contributed by atoms with E-state index in [-0.39, 0.29) is 11.7 Å². The zero-order valence-corrected chi connectivity index (χ0v) is 9.97. The predicted octanol–water partition coefficient (Wildman–Crippen LogP) is -0.318. The third-order valence-corrected chi connectivity index (χ3v) is 2.59. The average molecular weight is 229 g/mol. The highest BCUT2D eigenvalue weighted by Gasteiger charge is 2.13. The Balaban J connectivity index is 2.67. The van der Waals surface area contributed by atoms with Crippen molar-refractivity contribution in [2.24, 2.45) is 7.05 Å². The van der Waals surface area contributed by atoms with E-state index in [4.69, 9.17) is 12.6 Å². The highest BCUT2D eigenvalue weighted by Crippen LogP contribution is 2.12. The number of aromatic nitrogens is 3. The summed E-state index contributed by atoms with van der Waals surface area (Å²) in [6.45, 7) is 1.88. The number of hydrogen-bond acceptors (Lipinski definition) is 3. The molecular weight excluding hydrogens is 217 g/mol. The van der Waals surface area contributed by atoms with E-state index in [1.165, 1.54) is 16.4 Å². The maximum Gasteiger partial charge on any atom is 0.353 e. The standard InChI is InChI=1S/C11H12BN3O2/c1-7-6-8(4-5-9(7)12)15-10(17-3)13-14(2)11(15)16/h4-6H,1-3H3. The van der Waals surface area contributed by atoms with Crippen molar-refractivity contribution in [3.05, 3.63) is 34.2 Å². The lowest BCUT2D eigenvalue weighted by atomic mass is 9.91. The summed E-state index contributed by atoms with van der Waals surface area (Å²) in [6.07, 6.45) is 0. The molecule has 0 aliphatic rings. The first-order chi connectivity index (χ1) is 8.04. The molecule has 0 saturated heterocycles. The molecule has 0 aliphatic carbocycles. The molecule has 2 rings (SSSR count). The lowest BCUT2D eigenvalue weighted by molar-refractivity contribution is 0.368. The smallest absolute Gasteiger partial charge is 0.353 e. The van der Waals surface area contributed by atoms with Crippen molar-refractivity contribution in [1.82, 2.24) is 14.3 Å². The quantitative estimate of drug-likeness (QED) is 0.663. The molecular formula is C11H12BN3O2. The van der Waals surface area contributed by atoms with Gasteiger partial charge in [0.2, 0.25) is 0 Å². The Morgan fingerprint density at radius 2 is 2.12 bits per heavy atom. The molecule has 0 atom stereocenters.